The fourth-order valence-corrected chi connectivity index (χ4v) is 1.90. The lowest BCUT2D eigenvalue weighted by Crippen LogP contribution is -2.38. The van der Waals surface area contributed by atoms with Gasteiger partial charge in [-0.05, 0) is 38.0 Å². The van der Waals surface area contributed by atoms with Gasteiger partial charge >= 0.3 is 0 Å². The number of nitrogens with two attached hydrogens (primary N) is 1. The highest BCUT2D eigenvalue weighted by atomic mass is 35.5. The second-order valence-corrected chi connectivity index (χ2v) is 4.37. The molecule has 0 aromatic heterocycles. The molecule has 3 heteroatoms. The van der Waals surface area contributed by atoms with Crippen molar-refractivity contribution in [1.82, 2.24) is 0 Å². The summed E-state index contributed by atoms with van der Waals surface area (Å²) in [4.78, 5) is 0. The third-order valence-corrected chi connectivity index (χ3v) is 2.60. The maximum Gasteiger partial charge on any atom is 0.115 e. The van der Waals surface area contributed by atoms with Crippen LogP contribution in [0.1, 0.15) is 38.7 Å². The summed E-state index contributed by atoms with van der Waals surface area (Å²) >= 11 is 0. The van der Waals surface area contributed by atoms with E-state index in [1.54, 1.807) is 12.1 Å². The van der Waals surface area contributed by atoms with Crippen LogP contribution in [0.5, 0.6) is 5.75 Å². The summed E-state index contributed by atoms with van der Waals surface area (Å²) in [5, 5.41) is 9.18. The maximum atomic E-state index is 9.18. The maximum absolute atomic E-state index is 9.18. The molecule has 0 saturated heterocycles. The predicted molar refractivity (Wildman–Crippen MR) is 66.7 cm³/mol. The summed E-state index contributed by atoms with van der Waals surface area (Å²) in [6.45, 7) is 6.20. The highest BCUT2D eigenvalue weighted by Crippen LogP contribution is 2.29. The van der Waals surface area contributed by atoms with Crippen molar-refractivity contribution in [2.45, 2.75) is 38.6 Å². The van der Waals surface area contributed by atoms with Crippen molar-refractivity contribution in [3.05, 3.63) is 29.8 Å². The first-order valence-corrected chi connectivity index (χ1v) is 5.03. The minimum absolute atomic E-state index is 0. The molecule has 0 amide bonds. The second-order valence-electron chi connectivity index (χ2n) is 4.37. The molecule has 0 saturated carbocycles. The van der Waals surface area contributed by atoms with Gasteiger partial charge in [0.2, 0.25) is 0 Å². The fourth-order valence-electron chi connectivity index (χ4n) is 1.90. The summed E-state index contributed by atoms with van der Waals surface area (Å²) in [7, 11) is 0. The standard InChI is InChI=1S/C12H19NO.ClH/c1-4-11(12(2,3)13)9-5-7-10(14)8-6-9;/h5-8,11,14H,4,13H2,1-3H3;1H. The molecule has 0 spiro atoms. The number of phenolic OH excluding ortho intramolecular Hbond substituents is 1. The van der Waals surface area contributed by atoms with Crippen LogP contribution in [-0.2, 0) is 0 Å². The number of phenols is 1. The molecule has 0 aliphatic heterocycles. The predicted octanol–water partition coefficient (Wildman–Crippen LogP) is 3.04. The van der Waals surface area contributed by atoms with Gasteiger partial charge in [0, 0.05) is 11.5 Å². The van der Waals surface area contributed by atoms with E-state index in [-0.39, 0.29) is 17.9 Å². The third-order valence-electron chi connectivity index (χ3n) is 2.60. The molecule has 0 fully saturated rings. The Morgan fingerprint density at radius 3 is 2.07 bits per heavy atom. The molecule has 0 heterocycles. The van der Waals surface area contributed by atoms with Crippen molar-refractivity contribution in [2.24, 2.45) is 5.73 Å². The van der Waals surface area contributed by atoms with E-state index in [0.29, 0.717) is 11.7 Å². The first-order valence-electron chi connectivity index (χ1n) is 5.03. The van der Waals surface area contributed by atoms with Crippen LogP contribution in [0.4, 0.5) is 0 Å². The van der Waals surface area contributed by atoms with Crippen LogP contribution in [0.3, 0.4) is 0 Å². The van der Waals surface area contributed by atoms with Crippen molar-refractivity contribution >= 4 is 12.4 Å². The van der Waals surface area contributed by atoms with Crippen LogP contribution in [0.25, 0.3) is 0 Å². The average molecular weight is 230 g/mol. The lowest BCUT2D eigenvalue weighted by Gasteiger charge is -2.30. The van der Waals surface area contributed by atoms with Gasteiger partial charge in [0.15, 0.2) is 0 Å². The van der Waals surface area contributed by atoms with Crippen LogP contribution in [-0.4, -0.2) is 10.6 Å². The topological polar surface area (TPSA) is 46.2 Å². The SMILES string of the molecule is CCC(c1ccc(O)cc1)C(C)(C)N.Cl. The molecule has 0 radical (unpaired) electrons. The first-order chi connectivity index (χ1) is 6.45. The number of aromatic hydroxyl groups is 1. The molecule has 1 unspecified atom stereocenters. The monoisotopic (exact) mass is 229 g/mol. The van der Waals surface area contributed by atoms with E-state index in [4.69, 9.17) is 5.73 Å². The molecule has 1 aromatic rings. The molecule has 86 valence electrons. The lowest BCUT2D eigenvalue weighted by atomic mass is 9.81. The summed E-state index contributed by atoms with van der Waals surface area (Å²) in [6, 6.07) is 7.31. The average Bonchev–Trinajstić information content (AvgIpc) is 2.07. The molecular weight excluding hydrogens is 210 g/mol. The van der Waals surface area contributed by atoms with Crippen molar-refractivity contribution < 1.29 is 5.11 Å². The Morgan fingerprint density at radius 1 is 1.27 bits per heavy atom. The smallest absolute Gasteiger partial charge is 0.115 e. The number of benzene rings is 1. The van der Waals surface area contributed by atoms with Crippen LogP contribution >= 0.6 is 12.4 Å². The highest BCUT2D eigenvalue weighted by Gasteiger charge is 2.24. The molecule has 0 aliphatic rings. The van der Waals surface area contributed by atoms with E-state index >= 15 is 0 Å². The Bertz CT molecular complexity index is 289. The summed E-state index contributed by atoms with van der Waals surface area (Å²) in [5.74, 6) is 0.640. The van der Waals surface area contributed by atoms with E-state index in [9.17, 15) is 5.11 Å². The third kappa shape index (κ3) is 3.73. The van der Waals surface area contributed by atoms with Gasteiger partial charge in [-0.25, -0.2) is 0 Å². The van der Waals surface area contributed by atoms with Gasteiger partial charge in [-0.3, -0.25) is 0 Å². The summed E-state index contributed by atoms with van der Waals surface area (Å²) < 4.78 is 0. The zero-order valence-electron chi connectivity index (χ0n) is 9.53. The van der Waals surface area contributed by atoms with Gasteiger partial charge in [-0.1, -0.05) is 19.1 Å². The Labute approximate surface area is 97.9 Å². The molecule has 1 rings (SSSR count). The Morgan fingerprint density at radius 2 is 1.73 bits per heavy atom. The van der Waals surface area contributed by atoms with Gasteiger partial charge in [0.25, 0.3) is 0 Å². The molecule has 0 bridgehead atoms. The number of halogens is 1. The molecule has 3 N–H and O–H groups in total. The van der Waals surface area contributed by atoms with Crippen LogP contribution in [0.15, 0.2) is 24.3 Å². The van der Waals surface area contributed by atoms with Gasteiger partial charge < -0.3 is 10.8 Å². The number of rotatable bonds is 3. The first kappa shape index (κ1) is 14.3. The van der Waals surface area contributed by atoms with Crippen LogP contribution < -0.4 is 5.73 Å². The summed E-state index contributed by atoms with van der Waals surface area (Å²) in [6.07, 6.45) is 1.01. The van der Waals surface area contributed by atoms with Crippen molar-refractivity contribution in [1.29, 1.82) is 0 Å². The van der Waals surface area contributed by atoms with E-state index in [0.717, 1.165) is 6.42 Å². The normalized spacial score (nSPS) is 13.1. The van der Waals surface area contributed by atoms with Crippen molar-refractivity contribution in [3.8, 4) is 5.75 Å². The minimum atomic E-state index is -0.217. The van der Waals surface area contributed by atoms with E-state index in [1.807, 2.05) is 26.0 Å². The number of hydrogen-bond donors (Lipinski definition) is 2. The van der Waals surface area contributed by atoms with Gasteiger partial charge in [0.05, 0.1) is 0 Å². The zero-order chi connectivity index (χ0) is 10.8. The largest absolute Gasteiger partial charge is 0.508 e. The van der Waals surface area contributed by atoms with Crippen LogP contribution in [0, 0.1) is 0 Å². The molecule has 1 aromatic carbocycles. The highest BCUT2D eigenvalue weighted by molar-refractivity contribution is 5.85. The van der Waals surface area contributed by atoms with Gasteiger partial charge in [-0.15, -0.1) is 12.4 Å². The summed E-state index contributed by atoms with van der Waals surface area (Å²) in [5.41, 5.74) is 7.07. The van der Waals surface area contributed by atoms with Gasteiger partial charge in [-0.2, -0.15) is 0 Å². The fraction of sp³-hybridized carbons (Fsp3) is 0.500. The zero-order valence-corrected chi connectivity index (χ0v) is 10.3. The molecule has 0 aliphatic carbocycles. The van der Waals surface area contributed by atoms with Crippen molar-refractivity contribution in [2.75, 3.05) is 0 Å². The Hall–Kier alpha value is -0.730. The number of hydrogen-bond acceptors (Lipinski definition) is 2. The van der Waals surface area contributed by atoms with E-state index in [1.165, 1.54) is 5.56 Å². The van der Waals surface area contributed by atoms with Crippen LogP contribution in [0.2, 0.25) is 0 Å². The van der Waals surface area contributed by atoms with Gasteiger partial charge in [0.1, 0.15) is 5.75 Å². The lowest BCUT2D eigenvalue weighted by molar-refractivity contribution is 0.400. The van der Waals surface area contributed by atoms with E-state index < -0.39 is 0 Å². The van der Waals surface area contributed by atoms with E-state index in [2.05, 4.69) is 6.92 Å². The Balaban J connectivity index is 0.00000196. The Kier molecular flexibility index (Phi) is 5.12. The quantitative estimate of drug-likeness (QED) is 0.837. The minimum Gasteiger partial charge on any atom is -0.508 e. The van der Waals surface area contributed by atoms with Crippen molar-refractivity contribution in [3.63, 3.8) is 0 Å². The second kappa shape index (κ2) is 5.38. The molecule has 15 heavy (non-hydrogen) atoms. The molecule has 2 nitrogen and oxygen atoms in total. The molecular formula is C12H20ClNO. The molecule has 1 atom stereocenters.